The molecule has 0 heterocycles. The van der Waals surface area contributed by atoms with Gasteiger partial charge in [0.05, 0.1) is 17.2 Å². The van der Waals surface area contributed by atoms with Crippen LogP contribution in [0, 0.1) is 11.3 Å². The smallest absolute Gasteiger partial charge is 0.417 e. The maximum atomic E-state index is 12.5. The van der Waals surface area contributed by atoms with Gasteiger partial charge in [-0.15, -0.1) is 0 Å². The third-order valence-corrected chi connectivity index (χ3v) is 2.85. The van der Waals surface area contributed by atoms with Crippen molar-refractivity contribution in [1.29, 1.82) is 5.26 Å². The molecule has 1 aromatic carbocycles. The van der Waals surface area contributed by atoms with Crippen LogP contribution in [-0.2, 0) is 6.18 Å². The van der Waals surface area contributed by atoms with E-state index in [1.165, 1.54) is 12.1 Å². The van der Waals surface area contributed by atoms with Gasteiger partial charge in [0.1, 0.15) is 11.9 Å². The van der Waals surface area contributed by atoms with Crippen molar-refractivity contribution in [3.05, 3.63) is 29.3 Å². The van der Waals surface area contributed by atoms with E-state index in [1.807, 2.05) is 0 Å². The number of hydrogen-bond acceptors (Lipinski definition) is 3. The van der Waals surface area contributed by atoms with Crippen LogP contribution < -0.4 is 10.5 Å². The highest BCUT2D eigenvalue weighted by Gasteiger charge is 2.34. The van der Waals surface area contributed by atoms with Crippen molar-refractivity contribution in [2.75, 3.05) is 0 Å². The fourth-order valence-corrected chi connectivity index (χ4v) is 1.83. The molecule has 3 nitrogen and oxygen atoms in total. The Morgan fingerprint density at radius 1 is 1.33 bits per heavy atom. The molecule has 6 heteroatoms. The summed E-state index contributed by atoms with van der Waals surface area (Å²) < 4.78 is 43.1. The molecule has 1 fully saturated rings. The third-order valence-electron chi connectivity index (χ3n) is 2.85. The van der Waals surface area contributed by atoms with Crippen LogP contribution in [-0.4, -0.2) is 12.1 Å². The predicted octanol–water partition coefficient (Wildman–Crippen LogP) is 2.45. The van der Waals surface area contributed by atoms with Crippen LogP contribution in [0.25, 0.3) is 0 Å². The number of nitrogens with two attached hydrogens (primary N) is 1. The minimum atomic E-state index is -4.53. The fourth-order valence-electron chi connectivity index (χ4n) is 1.83. The summed E-state index contributed by atoms with van der Waals surface area (Å²) in [6, 6.07) is 4.85. The van der Waals surface area contributed by atoms with E-state index in [-0.39, 0.29) is 17.9 Å². The Kier molecular flexibility index (Phi) is 3.18. The molecule has 0 unspecified atom stereocenters. The Bertz CT molecular complexity index is 487. The normalized spacial score (nSPS) is 23.1. The van der Waals surface area contributed by atoms with E-state index in [0.29, 0.717) is 12.8 Å². The van der Waals surface area contributed by atoms with Crippen LogP contribution >= 0.6 is 0 Å². The van der Waals surface area contributed by atoms with Gasteiger partial charge in [0.15, 0.2) is 0 Å². The standard InChI is InChI=1S/C12H11F3N2O/c13-12(14,15)11-2-1-9(3-7(11)6-16)18-10-4-8(17)5-10/h1-3,8,10H,4-5,17H2/t8-,10-. The molecule has 2 N–H and O–H groups in total. The molecule has 1 aromatic rings. The lowest BCUT2D eigenvalue weighted by Crippen LogP contribution is -2.43. The minimum absolute atomic E-state index is 0.0664. The highest BCUT2D eigenvalue weighted by molar-refractivity contribution is 5.44. The molecule has 0 aromatic heterocycles. The van der Waals surface area contributed by atoms with Crippen LogP contribution in [0.4, 0.5) is 13.2 Å². The zero-order chi connectivity index (χ0) is 13.3. The molecule has 2 rings (SSSR count). The summed E-state index contributed by atoms with van der Waals surface area (Å²) in [7, 11) is 0. The van der Waals surface area contributed by atoms with Crippen LogP contribution in [0.5, 0.6) is 5.75 Å². The number of ether oxygens (including phenoxy) is 1. The summed E-state index contributed by atoms with van der Waals surface area (Å²) in [5, 5.41) is 8.73. The summed E-state index contributed by atoms with van der Waals surface area (Å²) in [5.41, 5.74) is 4.21. The quantitative estimate of drug-likeness (QED) is 0.884. The van der Waals surface area contributed by atoms with E-state index in [9.17, 15) is 13.2 Å². The first-order valence-electron chi connectivity index (χ1n) is 5.43. The van der Waals surface area contributed by atoms with Gasteiger partial charge < -0.3 is 10.5 Å². The number of nitriles is 1. The summed E-state index contributed by atoms with van der Waals surface area (Å²) >= 11 is 0. The van der Waals surface area contributed by atoms with Gasteiger partial charge in [0, 0.05) is 6.04 Å². The molecule has 0 aliphatic heterocycles. The second-order valence-corrected chi connectivity index (χ2v) is 4.29. The second-order valence-electron chi connectivity index (χ2n) is 4.29. The van der Waals surface area contributed by atoms with Gasteiger partial charge in [-0.2, -0.15) is 18.4 Å². The fraction of sp³-hybridized carbons (Fsp3) is 0.417. The van der Waals surface area contributed by atoms with Crippen LogP contribution in [0.15, 0.2) is 18.2 Å². The van der Waals surface area contributed by atoms with Crippen molar-refractivity contribution in [3.63, 3.8) is 0 Å². The lowest BCUT2D eigenvalue weighted by molar-refractivity contribution is -0.137. The SMILES string of the molecule is N#Cc1cc(O[C@H]2C[C@H](N)C2)ccc1C(F)(F)F. The monoisotopic (exact) mass is 256 g/mol. The molecule has 1 aliphatic carbocycles. The Morgan fingerprint density at radius 3 is 2.50 bits per heavy atom. The molecule has 96 valence electrons. The largest absolute Gasteiger partial charge is 0.490 e. The van der Waals surface area contributed by atoms with Gasteiger partial charge in [-0.25, -0.2) is 0 Å². The van der Waals surface area contributed by atoms with Gasteiger partial charge >= 0.3 is 6.18 Å². The van der Waals surface area contributed by atoms with E-state index in [0.717, 1.165) is 12.1 Å². The van der Waals surface area contributed by atoms with Gasteiger partial charge in [-0.1, -0.05) is 0 Å². The Labute approximate surface area is 102 Å². The molecule has 0 amide bonds. The summed E-state index contributed by atoms with van der Waals surface area (Å²) in [6.07, 6.45) is -3.22. The Hall–Kier alpha value is -1.74. The van der Waals surface area contributed by atoms with Crippen molar-refractivity contribution in [2.24, 2.45) is 5.73 Å². The summed E-state index contributed by atoms with van der Waals surface area (Å²) in [5.74, 6) is 0.274. The number of benzene rings is 1. The van der Waals surface area contributed by atoms with E-state index in [4.69, 9.17) is 15.7 Å². The van der Waals surface area contributed by atoms with E-state index < -0.39 is 17.3 Å². The van der Waals surface area contributed by atoms with Crippen LogP contribution in [0.1, 0.15) is 24.0 Å². The molecular weight excluding hydrogens is 245 g/mol. The Morgan fingerprint density at radius 2 is 2.00 bits per heavy atom. The molecule has 0 saturated heterocycles. The third kappa shape index (κ3) is 2.57. The van der Waals surface area contributed by atoms with Crippen molar-refractivity contribution in [3.8, 4) is 11.8 Å². The average Bonchev–Trinajstić information content (AvgIpc) is 2.25. The lowest BCUT2D eigenvalue weighted by Gasteiger charge is -2.32. The highest BCUT2D eigenvalue weighted by atomic mass is 19.4. The van der Waals surface area contributed by atoms with Gasteiger partial charge in [0.25, 0.3) is 0 Å². The second kappa shape index (κ2) is 4.50. The van der Waals surface area contributed by atoms with Crippen LogP contribution in [0.3, 0.4) is 0 Å². The van der Waals surface area contributed by atoms with E-state index in [1.54, 1.807) is 0 Å². The lowest BCUT2D eigenvalue weighted by atomic mass is 9.90. The number of hydrogen-bond donors (Lipinski definition) is 1. The maximum Gasteiger partial charge on any atom is 0.417 e. The molecule has 0 radical (unpaired) electrons. The van der Waals surface area contributed by atoms with Gasteiger partial charge in [-0.05, 0) is 31.0 Å². The number of nitrogens with zero attached hydrogens (tertiary/aromatic N) is 1. The number of rotatable bonds is 2. The maximum absolute atomic E-state index is 12.5. The number of halogens is 3. The van der Waals surface area contributed by atoms with Crippen molar-refractivity contribution in [1.82, 2.24) is 0 Å². The van der Waals surface area contributed by atoms with E-state index in [2.05, 4.69) is 0 Å². The predicted molar refractivity (Wildman–Crippen MR) is 57.8 cm³/mol. The molecule has 1 saturated carbocycles. The highest BCUT2D eigenvalue weighted by Crippen LogP contribution is 2.34. The van der Waals surface area contributed by atoms with Crippen molar-refractivity contribution < 1.29 is 17.9 Å². The zero-order valence-electron chi connectivity index (χ0n) is 9.37. The van der Waals surface area contributed by atoms with Crippen molar-refractivity contribution in [2.45, 2.75) is 31.2 Å². The van der Waals surface area contributed by atoms with E-state index >= 15 is 0 Å². The first kappa shape index (κ1) is 12.7. The first-order chi connectivity index (χ1) is 8.40. The molecule has 0 atom stereocenters. The molecule has 18 heavy (non-hydrogen) atoms. The molecule has 0 bridgehead atoms. The van der Waals surface area contributed by atoms with Crippen molar-refractivity contribution >= 4 is 0 Å². The average molecular weight is 256 g/mol. The topological polar surface area (TPSA) is 59.0 Å². The molecular formula is C12H11F3N2O. The van der Waals surface area contributed by atoms with Crippen LogP contribution in [0.2, 0.25) is 0 Å². The zero-order valence-corrected chi connectivity index (χ0v) is 9.37. The summed E-state index contributed by atoms with van der Waals surface area (Å²) in [4.78, 5) is 0. The first-order valence-corrected chi connectivity index (χ1v) is 5.43. The van der Waals surface area contributed by atoms with Gasteiger partial charge in [0.2, 0.25) is 0 Å². The minimum Gasteiger partial charge on any atom is -0.490 e. The van der Waals surface area contributed by atoms with Gasteiger partial charge in [-0.3, -0.25) is 0 Å². The number of alkyl halides is 3. The summed E-state index contributed by atoms with van der Waals surface area (Å²) in [6.45, 7) is 0. The molecule has 1 aliphatic rings. The molecule has 0 spiro atoms. The Balaban J connectivity index is 2.18.